The summed E-state index contributed by atoms with van der Waals surface area (Å²) in [5.41, 5.74) is 0.290. The van der Waals surface area contributed by atoms with E-state index in [1.165, 1.54) is 17.2 Å². The number of carbonyl (C=O) groups excluding carboxylic acids is 1. The molecule has 3 heterocycles. The second-order valence-electron chi connectivity index (χ2n) is 6.79. The van der Waals surface area contributed by atoms with Gasteiger partial charge in [-0.1, -0.05) is 6.07 Å². The number of hydrogen-bond acceptors (Lipinski definition) is 5. The van der Waals surface area contributed by atoms with Crippen LogP contribution in [0.1, 0.15) is 30.4 Å². The maximum atomic E-state index is 13.2. The molecule has 0 saturated carbocycles. The van der Waals surface area contributed by atoms with Gasteiger partial charge < -0.3 is 9.64 Å². The Morgan fingerprint density at radius 1 is 1.25 bits per heavy atom. The molecule has 0 N–H and O–H groups in total. The summed E-state index contributed by atoms with van der Waals surface area (Å²) >= 11 is 0. The van der Waals surface area contributed by atoms with Gasteiger partial charge in [-0.15, -0.1) is 0 Å². The summed E-state index contributed by atoms with van der Waals surface area (Å²) in [6.07, 6.45) is 2.97. The highest BCUT2D eigenvalue weighted by Gasteiger charge is 2.37. The lowest BCUT2D eigenvalue weighted by atomic mass is 9.97. The van der Waals surface area contributed by atoms with Gasteiger partial charge >= 0.3 is 12.1 Å². The third-order valence-electron chi connectivity index (χ3n) is 4.72. The molecule has 0 bridgehead atoms. The Kier molecular flexibility index (Phi) is 6.49. The Hall–Kier alpha value is -2.64. The number of rotatable bonds is 6. The van der Waals surface area contributed by atoms with Crippen molar-refractivity contribution in [2.45, 2.75) is 31.9 Å². The first-order valence-corrected chi connectivity index (χ1v) is 9.28. The molecule has 8 heteroatoms. The summed E-state index contributed by atoms with van der Waals surface area (Å²) in [7, 11) is 0. The number of hydrogen-bond donors (Lipinski definition) is 0. The molecule has 28 heavy (non-hydrogen) atoms. The second-order valence-corrected chi connectivity index (χ2v) is 6.79. The van der Waals surface area contributed by atoms with Gasteiger partial charge in [0.1, 0.15) is 5.82 Å². The van der Waals surface area contributed by atoms with Crippen LogP contribution in [0.4, 0.5) is 19.0 Å². The average Bonchev–Trinajstić information content (AvgIpc) is 2.71. The number of piperidine rings is 1. The number of anilines is 1. The van der Waals surface area contributed by atoms with Crippen molar-refractivity contribution < 1.29 is 22.7 Å². The summed E-state index contributed by atoms with van der Waals surface area (Å²) in [4.78, 5) is 21.9. The van der Waals surface area contributed by atoms with E-state index >= 15 is 0 Å². The lowest BCUT2D eigenvalue weighted by molar-refractivity contribution is -0.148. The number of halogens is 3. The molecule has 1 aliphatic heterocycles. The number of nitrogens with zero attached hydrogens (tertiary/aromatic N) is 3. The first-order valence-electron chi connectivity index (χ1n) is 9.28. The maximum Gasteiger partial charge on any atom is 0.419 e. The van der Waals surface area contributed by atoms with Crippen LogP contribution in [0.25, 0.3) is 0 Å². The van der Waals surface area contributed by atoms with Crippen LogP contribution < -0.4 is 4.90 Å². The monoisotopic (exact) mass is 393 g/mol. The summed E-state index contributed by atoms with van der Waals surface area (Å²) in [6.45, 7) is 0.897. The fraction of sp³-hybridized carbons (Fsp3) is 0.450. The molecule has 2 aromatic heterocycles. The third kappa shape index (κ3) is 5.21. The van der Waals surface area contributed by atoms with Gasteiger partial charge in [-0.2, -0.15) is 13.2 Å². The number of pyridine rings is 2. The van der Waals surface area contributed by atoms with Crippen LogP contribution >= 0.6 is 0 Å². The molecule has 1 fully saturated rings. The Labute approximate surface area is 161 Å². The molecule has 3 rings (SSSR count). The Balaban J connectivity index is 1.54. The molecule has 2 aromatic rings. The van der Waals surface area contributed by atoms with Crippen LogP contribution in [0.5, 0.6) is 0 Å². The van der Waals surface area contributed by atoms with Crippen LogP contribution in [-0.4, -0.2) is 35.6 Å². The molecule has 0 aliphatic carbocycles. The maximum absolute atomic E-state index is 13.2. The highest BCUT2D eigenvalue weighted by molar-refractivity contribution is 5.73. The number of aromatic nitrogens is 2. The van der Waals surface area contributed by atoms with Crippen molar-refractivity contribution >= 4 is 11.8 Å². The first-order chi connectivity index (χ1) is 13.4. The van der Waals surface area contributed by atoms with Crippen LogP contribution in [0.15, 0.2) is 42.9 Å². The highest BCUT2D eigenvalue weighted by atomic mass is 19.4. The lowest BCUT2D eigenvalue weighted by Gasteiger charge is -2.33. The quantitative estimate of drug-likeness (QED) is 0.551. The van der Waals surface area contributed by atoms with E-state index in [-0.39, 0.29) is 24.9 Å². The van der Waals surface area contributed by atoms with Crippen molar-refractivity contribution in [3.8, 4) is 0 Å². The SMILES string of the molecule is O=C(OCCCc1cccnc1)C1CCCN(c2ncccc2C(F)(F)F)C1. The van der Waals surface area contributed by atoms with Gasteiger partial charge in [-0.25, -0.2) is 4.98 Å². The number of carbonyl (C=O) groups is 1. The Morgan fingerprint density at radius 3 is 2.82 bits per heavy atom. The van der Waals surface area contributed by atoms with E-state index in [0.717, 1.165) is 18.1 Å². The van der Waals surface area contributed by atoms with Gasteiger partial charge in [0.2, 0.25) is 0 Å². The molecule has 1 unspecified atom stereocenters. The zero-order valence-electron chi connectivity index (χ0n) is 15.4. The van der Waals surface area contributed by atoms with Gasteiger partial charge in [0.25, 0.3) is 0 Å². The largest absolute Gasteiger partial charge is 0.465 e. The van der Waals surface area contributed by atoms with E-state index in [1.807, 2.05) is 12.1 Å². The van der Waals surface area contributed by atoms with Gasteiger partial charge in [0, 0.05) is 31.7 Å². The van der Waals surface area contributed by atoms with Crippen molar-refractivity contribution in [3.05, 3.63) is 54.0 Å². The second kappa shape index (κ2) is 9.03. The topological polar surface area (TPSA) is 55.3 Å². The van der Waals surface area contributed by atoms with Crippen LogP contribution in [0.2, 0.25) is 0 Å². The predicted octanol–water partition coefficient (Wildman–Crippen LogP) is 3.89. The summed E-state index contributed by atoms with van der Waals surface area (Å²) < 4.78 is 45.1. The molecular weight excluding hydrogens is 371 g/mol. The third-order valence-corrected chi connectivity index (χ3v) is 4.72. The standard InChI is InChI=1S/C20H22F3N3O2/c21-20(22,23)17-8-2-10-25-18(17)26-11-3-7-16(14-26)19(27)28-12-4-6-15-5-1-9-24-13-15/h1-2,5,8-10,13,16H,3-4,6-7,11-12,14H2. The minimum absolute atomic E-state index is 0.121. The first kappa shape index (κ1) is 20.1. The van der Waals surface area contributed by atoms with Crippen LogP contribution in [-0.2, 0) is 22.1 Å². The van der Waals surface area contributed by atoms with Gasteiger partial charge in [-0.3, -0.25) is 9.78 Å². The summed E-state index contributed by atoms with van der Waals surface area (Å²) in [6, 6.07) is 6.09. The minimum atomic E-state index is -4.48. The zero-order valence-corrected chi connectivity index (χ0v) is 15.4. The van der Waals surface area contributed by atoms with E-state index in [9.17, 15) is 18.0 Å². The molecule has 5 nitrogen and oxygen atoms in total. The number of aryl methyl sites for hydroxylation is 1. The van der Waals surface area contributed by atoms with Crippen LogP contribution in [0, 0.1) is 5.92 Å². The molecule has 0 amide bonds. The Bertz CT molecular complexity index is 784. The van der Waals surface area contributed by atoms with Crippen molar-refractivity contribution in [1.29, 1.82) is 0 Å². The molecule has 1 atom stereocenters. The van der Waals surface area contributed by atoms with Gasteiger partial charge in [0.05, 0.1) is 18.1 Å². The predicted molar refractivity (Wildman–Crippen MR) is 97.7 cm³/mol. The fourth-order valence-corrected chi connectivity index (χ4v) is 3.35. The number of ether oxygens (including phenoxy) is 1. The molecule has 0 radical (unpaired) electrons. The zero-order chi connectivity index (χ0) is 20.0. The molecule has 150 valence electrons. The van der Waals surface area contributed by atoms with E-state index in [4.69, 9.17) is 4.74 Å². The van der Waals surface area contributed by atoms with E-state index in [2.05, 4.69) is 9.97 Å². The van der Waals surface area contributed by atoms with Crippen molar-refractivity contribution in [2.24, 2.45) is 5.92 Å². The van der Waals surface area contributed by atoms with Gasteiger partial charge in [-0.05, 0) is 49.4 Å². The molecule has 1 saturated heterocycles. The summed E-state index contributed by atoms with van der Waals surface area (Å²) in [5.74, 6) is -0.931. The molecule has 0 spiro atoms. The minimum Gasteiger partial charge on any atom is -0.465 e. The lowest BCUT2D eigenvalue weighted by Crippen LogP contribution is -2.40. The number of esters is 1. The highest BCUT2D eigenvalue weighted by Crippen LogP contribution is 2.36. The van der Waals surface area contributed by atoms with E-state index in [1.54, 1.807) is 12.4 Å². The van der Waals surface area contributed by atoms with Crippen molar-refractivity contribution in [3.63, 3.8) is 0 Å². The smallest absolute Gasteiger partial charge is 0.419 e. The van der Waals surface area contributed by atoms with E-state index in [0.29, 0.717) is 25.8 Å². The molecule has 1 aliphatic rings. The van der Waals surface area contributed by atoms with E-state index < -0.39 is 17.7 Å². The Morgan fingerprint density at radius 2 is 2.07 bits per heavy atom. The van der Waals surface area contributed by atoms with Crippen LogP contribution in [0.3, 0.4) is 0 Å². The number of alkyl halides is 3. The fourth-order valence-electron chi connectivity index (χ4n) is 3.35. The van der Waals surface area contributed by atoms with Gasteiger partial charge in [0.15, 0.2) is 0 Å². The molecular formula is C20H22F3N3O2. The molecule has 0 aromatic carbocycles. The average molecular weight is 393 g/mol. The normalized spacial score (nSPS) is 17.4. The van der Waals surface area contributed by atoms with Crippen molar-refractivity contribution in [1.82, 2.24) is 9.97 Å². The van der Waals surface area contributed by atoms with Crippen molar-refractivity contribution in [2.75, 3.05) is 24.6 Å². The summed E-state index contributed by atoms with van der Waals surface area (Å²) in [5, 5.41) is 0.